The molecular formula is C18H27N. The Bertz CT molecular complexity index is 412. The third-order valence-corrected chi connectivity index (χ3v) is 5.14. The van der Waals surface area contributed by atoms with Crippen molar-refractivity contribution >= 4 is 0 Å². The fourth-order valence-electron chi connectivity index (χ4n) is 3.96. The van der Waals surface area contributed by atoms with Gasteiger partial charge in [-0.15, -0.1) is 0 Å². The monoisotopic (exact) mass is 257 g/mol. The van der Waals surface area contributed by atoms with Crippen LogP contribution >= 0.6 is 0 Å². The second-order valence-corrected chi connectivity index (χ2v) is 7.31. The summed E-state index contributed by atoms with van der Waals surface area (Å²) in [5, 5.41) is 3.46. The lowest BCUT2D eigenvalue weighted by Gasteiger charge is -2.35. The van der Waals surface area contributed by atoms with Crippen molar-refractivity contribution < 1.29 is 0 Å². The van der Waals surface area contributed by atoms with Crippen LogP contribution in [0.15, 0.2) is 24.3 Å². The van der Waals surface area contributed by atoms with E-state index >= 15 is 0 Å². The van der Waals surface area contributed by atoms with E-state index in [-0.39, 0.29) is 0 Å². The Morgan fingerprint density at radius 2 is 1.68 bits per heavy atom. The SMILES string of the molecule is CC1(C)CCCC(c2ccc(C3CCNC3)cc2)C1. The summed E-state index contributed by atoms with van der Waals surface area (Å²) in [6, 6.07) is 9.57. The van der Waals surface area contributed by atoms with Crippen molar-refractivity contribution in [3.05, 3.63) is 35.4 Å². The fourth-order valence-corrected chi connectivity index (χ4v) is 3.96. The predicted octanol–water partition coefficient (Wildman–Crippen LogP) is 4.45. The Kier molecular flexibility index (Phi) is 3.66. The minimum absolute atomic E-state index is 0.539. The molecule has 2 aliphatic rings. The van der Waals surface area contributed by atoms with Crippen molar-refractivity contribution in [2.75, 3.05) is 13.1 Å². The van der Waals surface area contributed by atoms with E-state index in [2.05, 4.69) is 43.4 Å². The maximum atomic E-state index is 3.46. The van der Waals surface area contributed by atoms with Crippen molar-refractivity contribution in [1.29, 1.82) is 0 Å². The van der Waals surface area contributed by atoms with Crippen molar-refractivity contribution in [1.82, 2.24) is 5.32 Å². The standard InChI is InChI=1S/C18H27N/c1-18(2)10-3-4-16(12-18)14-5-7-15(8-6-14)17-9-11-19-13-17/h5-8,16-17,19H,3-4,9-13H2,1-2H3. The van der Waals surface area contributed by atoms with E-state index < -0.39 is 0 Å². The number of hydrogen-bond acceptors (Lipinski definition) is 1. The van der Waals surface area contributed by atoms with Gasteiger partial charge in [0.1, 0.15) is 0 Å². The Morgan fingerprint density at radius 3 is 2.26 bits per heavy atom. The van der Waals surface area contributed by atoms with Crippen LogP contribution in [0.4, 0.5) is 0 Å². The number of nitrogens with one attached hydrogen (secondary N) is 1. The quantitative estimate of drug-likeness (QED) is 0.825. The average Bonchev–Trinajstić information content (AvgIpc) is 2.92. The van der Waals surface area contributed by atoms with Gasteiger partial charge in [0.05, 0.1) is 0 Å². The molecule has 0 radical (unpaired) electrons. The summed E-state index contributed by atoms with van der Waals surface area (Å²) in [5.41, 5.74) is 3.64. The van der Waals surface area contributed by atoms with Crippen LogP contribution < -0.4 is 5.32 Å². The number of hydrogen-bond donors (Lipinski definition) is 1. The molecule has 0 amide bonds. The lowest BCUT2D eigenvalue weighted by Crippen LogP contribution is -2.21. The highest BCUT2D eigenvalue weighted by atomic mass is 14.9. The number of rotatable bonds is 2. The van der Waals surface area contributed by atoms with Crippen molar-refractivity contribution in [2.45, 2.75) is 57.8 Å². The van der Waals surface area contributed by atoms with Crippen molar-refractivity contribution in [2.24, 2.45) is 5.41 Å². The van der Waals surface area contributed by atoms with Crippen LogP contribution in [-0.4, -0.2) is 13.1 Å². The Morgan fingerprint density at radius 1 is 1.00 bits per heavy atom. The van der Waals surface area contributed by atoms with E-state index in [1.165, 1.54) is 44.2 Å². The average molecular weight is 257 g/mol. The van der Waals surface area contributed by atoms with Gasteiger partial charge in [-0.2, -0.15) is 0 Å². The molecule has 1 aliphatic heterocycles. The first kappa shape index (κ1) is 13.2. The first-order valence-electron chi connectivity index (χ1n) is 7.95. The summed E-state index contributed by atoms with van der Waals surface area (Å²) in [6.07, 6.45) is 6.84. The second-order valence-electron chi connectivity index (χ2n) is 7.31. The Balaban J connectivity index is 1.71. The summed E-state index contributed by atoms with van der Waals surface area (Å²) in [5.74, 6) is 1.54. The van der Waals surface area contributed by atoms with E-state index in [0.717, 1.165) is 18.4 Å². The van der Waals surface area contributed by atoms with Gasteiger partial charge in [-0.1, -0.05) is 44.5 Å². The normalized spacial score (nSPS) is 30.4. The molecule has 1 heteroatoms. The molecule has 1 nitrogen and oxygen atoms in total. The summed E-state index contributed by atoms with van der Waals surface area (Å²) in [4.78, 5) is 0. The van der Waals surface area contributed by atoms with Gasteiger partial charge in [-0.25, -0.2) is 0 Å². The summed E-state index contributed by atoms with van der Waals surface area (Å²) in [6.45, 7) is 7.20. The molecule has 1 N–H and O–H groups in total. The van der Waals surface area contributed by atoms with E-state index in [1.807, 2.05) is 0 Å². The number of benzene rings is 1. The van der Waals surface area contributed by atoms with Crippen LogP contribution in [0, 0.1) is 5.41 Å². The third-order valence-electron chi connectivity index (χ3n) is 5.14. The zero-order valence-electron chi connectivity index (χ0n) is 12.4. The third kappa shape index (κ3) is 3.02. The lowest BCUT2D eigenvalue weighted by molar-refractivity contribution is 0.219. The van der Waals surface area contributed by atoms with Crippen LogP contribution in [0.5, 0.6) is 0 Å². The largest absolute Gasteiger partial charge is 0.316 e. The molecule has 3 rings (SSSR count). The van der Waals surface area contributed by atoms with Crippen LogP contribution in [0.2, 0.25) is 0 Å². The first-order chi connectivity index (χ1) is 9.14. The summed E-state index contributed by atoms with van der Waals surface area (Å²) in [7, 11) is 0. The molecule has 1 aromatic carbocycles. The maximum Gasteiger partial charge on any atom is 0.00206 e. The van der Waals surface area contributed by atoms with E-state index in [4.69, 9.17) is 0 Å². The highest BCUT2D eigenvalue weighted by Gasteiger charge is 2.28. The van der Waals surface area contributed by atoms with Gasteiger partial charge in [0, 0.05) is 6.54 Å². The molecule has 1 aromatic rings. The van der Waals surface area contributed by atoms with Gasteiger partial charge in [0.2, 0.25) is 0 Å². The minimum Gasteiger partial charge on any atom is -0.316 e. The maximum absolute atomic E-state index is 3.46. The predicted molar refractivity (Wildman–Crippen MR) is 81.7 cm³/mol. The van der Waals surface area contributed by atoms with Gasteiger partial charge in [-0.3, -0.25) is 0 Å². The van der Waals surface area contributed by atoms with E-state index in [9.17, 15) is 0 Å². The van der Waals surface area contributed by atoms with Crippen LogP contribution in [0.25, 0.3) is 0 Å². The highest BCUT2D eigenvalue weighted by Crippen LogP contribution is 2.43. The van der Waals surface area contributed by atoms with E-state index in [0.29, 0.717) is 5.41 Å². The molecule has 1 saturated heterocycles. The second kappa shape index (κ2) is 5.28. The first-order valence-corrected chi connectivity index (χ1v) is 7.95. The molecule has 1 saturated carbocycles. The smallest absolute Gasteiger partial charge is 0.00206 e. The van der Waals surface area contributed by atoms with Crippen LogP contribution in [-0.2, 0) is 0 Å². The molecule has 2 fully saturated rings. The van der Waals surface area contributed by atoms with Crippen molar-refractivity contribution in [3.8, 4) is 0 Å². The van der Waals surface area contributed by atoms with Gasteiger partial charge >= 0.3 is 0 Å². The zero-order valence-corrected chi connectivity index (χ0v) is 12.4. The minimum atomic E-state index is 0.539. The molecule has 0 aromatic heterocycles. The van der Waals surface area contributed by atoms with Crippen LogP contribution in [0.3, 0.4) is 0 Å². The summed E-state index contributed by atoms with van der Waals surface area (Å²) < 4.78 is 0. The highest BCUT2D eigenvalue weighted by molar-refractivity contribution is 5.29. The van der Waals surface area contributed by atoms with Crippen molar-refractivity contribution in [3.63, 3.8) is 0 Å². The van der Waals surface area contributed by atoms with Gasteiger partial charge in [-0.05, 0) is 60.6 Å². The van der Waals surface area contributed by atoms with Gasteiger partial charge < -0.3 is 5.32 Å². The zero-order chi connectivity index (χ0) is 13.3. The van der Waals surface area contributed by atoms with E-state index in [1.54, 1.807) is 5.56 Å². The van der Waals surface area contributed by atoms with Gasteiger partial charge in [0.15, 0.2) is 0 Å². The molecule has 2 atom stereocenters. The topological polar surface area (TPSA) is 12.0 Å². The molecule has 19 heavy (non-hydrogen) atoms. The molecule has 0 bridgehead atoms. The molecule has 1 aliphatic carbocycles. The molecular weight excluding hydrogens is 230 g/mol. The molecule has 1 heterocycles. The fraction of sp³-hybridized carbons (Fsp3) is 0.667. The van der Waals surface area contributed by atoms with Gasteiger partial charge in [0.25, 0.3) is 0 Å². The summed E-state index contributed by atoms with van der Waals surface area (Å²) >= 11 is 0. The van der Waals surface area contributed by atoms with Crippen LogP contribution in [0.1, 0.15) is 68.9 Å². The lowest BCUT2D eigenvalue weighted by atomic mass is 9.70. The molecule has 0 spiro atoms. The Hall–Kier alpha value is -0.820. The Labute approximate surface area is 117 Å². The molecule has 104 valence electrons. The molecule has 2 unspecified atom stereocenters.